The molecule has 7 heteroatoms. The number of hydrogen-bond donors (Lipinski definition) is 1. The van der Waals surface area contributed by atoms with Gasteiger partial charge in [0.2, 0.25) is 0 Å². The van der Waals surface area contributed by atoms with Crippen LogP contribution in [0.25, 0.3) is 22.4 Å². The highest BCUT2D eigenvalue weighted by atomic mass is 35.5. The van der Waals surface area contributed by atoms with Crippen LogP contribution in [-0.4, -0.2) is 39.5 Å². The molecule has 1 aromatic carbocycles. The number of aromatic nitrogens is 3. The second-order valence-corrected chi connectivity index (χ2v) is 8.62. The van der Waals surface area contributed by atoms with Gasteiger partial charge >= 0.3 is 0 Å². The monoisotopic (exact) mass is 375 g/mol. The molecule has 0 spiro atoms. The van der Waals surface area contributed by atoms with E-state index < -0.39 is 10.8 Å². The summed E-state index contributed by atoms with van der Waals surface area (Å²) in [4.78, 5) is 14.7. The molecule has 1 atom stereocenters. The van der Waals surface area contributed by atoms with Crippen LogP contribution in [-0.2, 0) is 15.0 Å². The number of nitrogens with one attached hydrogen (secondary N) is 1. The van der Waals surface area contributed by atoms with E-state index in [9.17, 15) is 4.21 Å². The zero-order chi connectivity index (χ0) is 17.4. The Bertz CT molecular complexity index is 901. The molecule has 4 rings (SSSR count). The van der Waals surface area contributed by atoms with Gasteiger partial charge in [-0.3, -0.25) is 0 Å². The summed E-state index contributed by atoms with van der Waals surface area (Å²) in [6.07, 6.45) is 5.40. The molecule has 5 nitrogen and oxygen atoms in total. The van der Waals surface area contributed by atoms with Crippen LogP contribution in [0.2, 0.25) is 5.02 Å². The average molecular weight is 376 g/mol. The molecule has 0 saturated carbocycles. The maximum Gasteiger partial charge on any atom is 0.140 e. The first-order valence-corrected chi connectivity index (χ1v) is 10.5. The molecule has 25 heavy (non-hydrogen) atoms. The lowest BCUT2D eigenvalue weighted by Gasteiger charge is -2.30. The fourth-order valence-electron chi connectivity index (χ4n) is 3.32. The summed E-state index contributed by atoms with van der Waals surface area (Å²) in [5.74, 6) is 1.64. The Morgan fingerprint density at radius 3 is 2.76 bits per heavy atom. The predicted molar refractivity (Wildman–Crippen MR) is 105 cm³/mol. The van der Waals surface area contributed by atoms with Crippen molar-refractivity contribution < 1.29 is 4.21 Å². The number of imidazole rings is 1. The Morgan fingerprint density at radius 1 is 1.28 bits per heavy atom. The number of thiol groups is 1. The summed E-state index contributed by atoms with van der Waals surface area (Å²) in [5, 5.41) is 0.905. The molecule has 1 saturated heterocycles. The quantitative estimate of drug-likeness (QED) is 0.561. The van der Waals surface area contributed by atoms with Crippen molar-refractivity contribution in [1.82, 2.24) is 15.0 Å². The molecular weight excluding hydrogens is 356 g/mol. The fourth-order valence-corrected chi connectivity index (χ4v) is 4.47. The molecule has 1 aliphatic heterocycles. The van der Waals surface area contributed by atoms with Gasteiger partial charge in [0.15, 0.2) is 0 Å². The molecule has 1 aliphatic rings. The Hall–Kier alpha value is -1.92. The van der Waals surface area contributed by atoms with Crippen LogP contribution in [0.1, 0.15) is 12.8 Å². The second-order valence-electron chi connectivity index (χ2n) is 6.39. The van der Waals surface area contributed by atoms with Crippen LogP contribution < -0.4 is 4.90 Å². The number of fused-ring (bicyclic) bond motifs is 1. The summed E-state index contributed by atoms with van der Waals surface area (Å²) < 4.78 is 11.7. The lowest BCUT2D eigenvalue weighted by Crippen LogP contribution is -2.37. The maximum absolute atomic E-state index is 11.7. The third-order valence-corrected chi connectivity index (χ3v) is 6.63. The van der Waals surface area contributed by atoms with Gasteiger partial charge in [0, 0.05) is 37.7 Å². The maximum atomic E-state index is 11.7. The minimum absolute atomic E-state index is 0.327. The molecule has 1 unspecified atom stereocenters. The third-order valence-electron chi connectivity index (χ3n) is 4.79. The van der Waals surface area contributed by atoms with Gasteiger partial charge in [0.1, 0.15) is 16.9 Å². The van der Waals surface area contributed by atoms with Gasteiger partial charge in [-0.05, 0) is 18.2 Å². The zero-order valence-electron chi connectivity index (χ0n) is 13.9. The van der Waals surface area contributed by atoms with Gasteiger partial charge in [0.05, 0.1) is 33.1 Å². The summed E-state index contributed by atoms with van der Waals surface area (Å²) >= 11 is 6.38. The molecule has 1 fully saturated rings. The molecule has 130 valence electrons. The zero-order valence-corrected chi connectivity index (χ0v) is 15.6. The van der Waals surface area contributed by atoms with Gasteiger partial charge in [-0.1, -0.05) is 23.7 Å². The minimum atomic E-state index is -1.10. The highest BCUT2D eigenvalue weighted by molar-refractivity contribution is 7.84. The number of H-pyrrole nitrogens is 1. The summed E-state index contributed by atoms with van der Waals surface area (Å²) in [7, 11) is -1.10. The topological polar surface area (TPSA) is 61.9 Å². The van der Waals surface area contributed by atoms with Crippen LogP contribution in [0, 0.1) is 0 Å². The van der Waals surface area contributed by atoms with E-state index in [0.29, 0.717) is 10.3 Å². The van der Waals surface area contributed by atoms with Crippen molar-refractivity contribution >= 4 is 39.3 Å². The Balaban J connectivity index is 1.64. The van der Waals surface area contributed by atoms with E-state index in [1.807, 2.05) is 36.6 Å². The standard InChI is InChI=1S/C18H19ClN4OS/c1-25(24)12-6-8-23(9-7-12)17-10-13(14(19)11-20-17)18-21-15-4-2-3-5-16(15)22-18/h2-5,10-12H,6-9H2,1H3,(H,21,22)/p+1. The fraction of sp³-hybridized carbons (Fsp3) is 0.333. The second kappa shape index (κ2) is 6.77. The Morgan fingerprint density at radius 2 is 2.04 bits per heavy atom. The predicted octanol–water partition coefficient (Wildman–Crippen LogP) is 3.57. The number of para-hydroxylation sites is 2. The van der Waals surface area contributed by atoms with E-state index in [1.165, 1.54) is 0 Å². The van der Waals surface area contributed by atoms with Crippen molar-refractivity contribution in [3.05, 3.63) is 41.6 Å². The lowest BCUT2D eigenvalue weighted by atomic mass is 10.1. The van der Waals surface area contributed by atoms with Crippen LogP contribution in [0.15, 0.2) is 36.5 Å². The van der Waals surface area contributed by atoms with Crippen molar-refractivity contribution in [1.29, 1.82) is 0 Å². The number of pyridine rings is 1. The molecule has 0 aliphatic carbocycles. The molecule has 0 radical (unpaired) electrons. The first-order chi connectivity index (χ1) is 12.1. The van der Waals surface area contributed by atoms with E-state index >= 15 is 0 Å². The third kappa shape index (κ3) is 3.28. The van der Waals surface area contributed by atoms with E-state index in [2.05, 4.69) is 19.9 Å². The SMILES string of the molecule is C[SH+](=O)C1CCN(c2cc(-c3nc4ccccc4[nH]3)c(Cl)cn2)CC1. The van der Waals surface area contributed by atoms with Crippen molar-refractivity contribution in [2.75, 3.05) is 24.2 Å². The van der Waals surface area contributed by atoms with Crippen molar-refractivity contribution in [2.45, 2.75) is 18.1 Å². The van der Waals surface area contributed by atoms with Gasteiger partial charge in [0.25, 0.3) is 0 Å². The number of piperidine rings is 1. The molecule has 3 heterocycles. The molecule has 0 amide bonds. The van der Waals surface area contributed by atoms with Gasteiger partial charge < -0.3 is 9.88 Å². The van der Waals surface area contributed by atoms with E-state index in [4.69, 9.17) is 11.6 Å². The van der Waals surface area contributed by atoms with Gasteiger partial charge in [-0.15, -0.1) is 4.21 Å². The Kier molecular flexibility index (Phi) is 4.48. The normalized spacial score (nSPS) is 17.1. The van der Waals surface area contributed by atoms with Crippen LogP contribution in [0.5, 0.6) is 0 Å². The average Bonchev–Trinajstić information content (AvgIpc) is 3.06. The van der Waals surface area contributed by atoms with Crippen LogP contribution in [0.3, 0.4) is 0 Å². The summed E-state index contributed by atoms with van der Waals surface area (Å²) in [6.45, 7) is 1.74. The summed E-state index contributed by atoms with van der Waals surface area (Å²) in [6, 6.07) is 9.91. The van der Waals surface area contributed by atoms with Crippen molar-refractivity contribution in [2.24, 2.45) is 0 Å². The molecule has 1 N–H and O–H groups in total. The van der Waals surface area contributed by atoms with Crippen LogP contribution in [0.4, 0.5) is 5.82 Å². The number of nitrogens with zero attached hydrogens (tertiary/aromatic N) is 3. The van der Waals surface area contributed by atoms with Crippen molar-refractivity contribution in [3.8, 4) is 11.4 Å². The molecule has 3 aromatic rings. The molecule has 2 aromatic heterocycles. The summed E-state index contributed by atoms with van der Waals surface area (Å²) in [5.41, 5.74) is 2.76. The van der Waals surface area contributed by atoms with E-state index in [1.54, 1.807) is 6.20 Å². The smallest absolute Gasteiger partial charge is 0.140 e. The first kappa shape index (κ1) is 16.5. The highest BCUT2D eigenvalue weighted by Gasteiger charge is 2.26. The number of halogens is 1. The van der Waals surface area contributed by atoms with Gasteiger partial charge in [-0.2, -0.15) is 0 Å². The van der Waals surface area contributed by atoms with Crippen LogP contribution >= 0.6 is 11.6 Å². The molecule has 0 bridgehead atoms. The number of benzene rings is 1. The number of aromatic amines is 1. The number of hydrogen-bond acceptors (Lipinski definition) is 4. The van der Waals surface area contributed by atoms with Gasteiger partial charge in [-0.25, -0.2) is 9.97 Å². The first-order valence-electron chi connectivity index (χ1n) is 8.37. The minimum Gasteiger partial charge on any atom is -0.356 e. The Labute approximate surface area is 153 Å². The van der Waals surface area contributed by atoms with Crippen molar-refractivity contribution in [3.63, 3.8) is 0 Å². The van der Waals surface area contributed by atoms with E-state index in [0.717, 1.165) is 54.2 Å². The molecular formula is C18H20ClN4OS+. The highest BCUT2D eigenvalue weighted by Crippen LogP contribution is 2.31. The largest absolute Gasteiger partial charge is 0.356 e. The lowest BCUT2D eigenvalue weighted by molar-refractivity contribution is 0.547. The number of anilines is 1. The number of rotatable bonds is 3. The van der Waals surface area contributed by atoms with E-state index in [-0.39, 0.29) is 0 Å².